The van der Waals surface area contributed by atoms with E-state index in [9.17, 15) is 0 Å². The van der Waals surface area contributed by atoms with Crippen molar-refractivity contribution in [1.29, 1.82) is 0 Å². The van der Waals surface area contributed by atoms with E-state index < -0.39 is 0 Å². The number of oxazole rings is 1. The highest BCUT2D eigenvalue weighted by Gasteiger charge is 2.11. The molecule has 1 N–H and O–H groups in total. The predicted molar refractivity (Wildman–Crippen MR) is 73.5 cm³/mol. The van der Waals surface area contributed by atoms with Gasteiger partial charge in [0.05, 0.1) is 15.7 Å². The van der Waals surface area contributed by atoms with E-state index in [1.54, 1.807) is 12.1 Å². The van der Waals surface area contributed by atoms with Gasteiger partial charge in [-0.1, -0.05) is 23.2 Å². The van der Waals surface area contributed by atoms with Crippen LogP contribution in [0.15, 0.2) is 27.3 Å². The Morgan fingerprint density at radius 3 is 2.89 bits per heavy atom. The van der Waals surface area contributed by atoms with Crippen LogP contribution in [0.1, 0.15) is 5.69 Å². The van der Waals surface area contributed by atoms with Crippen molar-refractivity contribution in [1.82, 2.24) is 10.3 Å². The first-order valence-electron chi connectivity index (χ1n) is 5.01. The van der Waals surface area contributed by atoms with Gasteiger partial charge >= 0.3 is 6.08 Å². The molecule has 0 atom stereocenters. The van der Waals surface area contributed by atoms with Gasteiger partial charge in [-0.25, -0.2) is 0 Å². The van der Waals surface area contributed by atoms with Crippen LogP contribution in [0.3, 0.4) is 0 Å². The standard InChI is InChI=1S/C11H9BrCl2N2O2/c1-15-4-6-5-17-11(16-6)18-10-3-8(13)7(12)2-9(10)14/h2-3,5,15H,4H2,1H3. The quantitative estimate of drug-likeness (QED) is 0.836. The van der Waals surface area contributed by atoms with Crippen LogP contribution in [0, 0.1) is 0 Å². The molecule has 4 nitrogen and oxygen atoms in total. The molecule has 7 heteroatoms. The van der Waals surface area contributed by atoms with E-state index in [4.69, 9.17) is 32.4 Å². The Labute approximate surface area is 122 Å². The second kappa shape index (κ2) is 5.93. The average molecular weight is 352 g/mol. The first-order valence-corrected chi connectivity index (χ1v) is 6.56. The van der Waals surface area contributed by atoms with Crippen molar-refractivity contribution in [2.45, 2.75) is 6.54 Å². The van der Waals surface area contributed by atoms with E-state index in [1.165, 1.54) is 6.26 Å². The van der Waals surface area contributed by atoms with Gasteiger partial charge in [0, 0.05) is 17.1 Å². The summed E-state index contributed by atoms with van der Waals surface area (Å²) in [7, 11) is 1.82. The Bertz CT molecular complexity index is 560. The van der Waals surface area contributed by atoms with Crippen molar-refractivity contribution < 1.29 is 9.15 Å². The Kier molecular flexibility index (Phi) is 4.50. The summed E-state index contributed by atoms with van der Waals surface area (Å²) in [6.07, 6.45) is 1.64. The van der Waals surface area contributed by atoms with Crippen LogP contribution >= 0.6 is 39.1 Å². The largest absolute Gasteiger partial charge is 0.417 e. The van der Waals surface area contributed by atoms with E-state index in [1.807, 2.05) is 7.05 Å². The van der Waals surface area contributed by atoms with Gasteiger partial charge in [-0.05, 0) is 29.0 Å². The first kappa shape index (κ1) is 13.7. The molecule has 0 bridgehead atoms. The predicted octanol–water partition coefficient (Wildman–Crippen LogP) is 4.26. The summed E-state index contributed by atoms with van der Waals surface area (Å²) in [4.78, 5) is 4.12. The molecule has 0 aliphatic rings. The van der Waals surface area contributed by atoms with Crippen molar-refractivity contribution in [2.24, 2.45) is 0 Å². The Morgan fingerprint density at radius 2 is 2.17 bits per heavy atom. The zero-order chi connectivity index (χ0) is 13.1. The SMILES string of the molecule is CNCc1coc(Oc2cc(Cl)c(Br)cc2Cl)n1. The number of halogens is 3. The lowest BCUT2D eigenvalue weighted by atomic mass is 10.3. The topological polar surface area (TPSA) is 47.3 Å². The lowest BCUT2D eigenvalue weighted by Gasteiger charge is -2.05. The summed E-state index contributed by atoms with van der Waals surface area (Å²) in [6.45, 7) is 0.599. The maximum atomic E-state index is 6.02. The van der Waals surface area contributed by atoms with Crippen LogP contribution in [-0.2, 0) is 6.54 Å². The number of hydrogen-bond acceptors (Lipinski definition) is 4. The lowest BCUT2D eigenvalue weighted by molar-refractivity contribution is 0.331. The molecule has 2 rings (SSSR count). The summed E-state index contributed by atoms with van der Waals surface area (Å²) in [6, 6.07) is 3.24. The third-order valence-electron chi connectivity index (χ3n) is 2.06. The van der Waals surface area contributed by atoms with E-state index in [2.05, 4.69) is 26.2 Å². The molecule has 0 radical (unpaired) electrons. The van der Waals surface area contributed by atoms with E-state index in [-0.39, 0.29) is 6.08 Å². The first-order chi connectivity index (χ1) is 8.60. The molecule has 0 spiro atoms. The van der Waals surface area contributed by atoms with Gasteiger partial charge in [-0.2, -0.15) is 4.98 Å². The number of rotatable bonds is 4. The second-order valence-electron chi connectivity index (χ2n) is 3.43. The Balaban J connectivity index is 2.20. The fourth-order valence-electron chi connectivity index (χ4n) is 1.27. The fraction of sp³-hybridized carbons (Fsp3) is 0.182. The van der Waals surface area contributed by atoms with E-state index in [0.717, 1.165) is 5.69 Å². The molecule has 0 unspecified atom stereocenters. The van der Waals surface area contributed by atoms with Crippen LogP contribution < -0.4 is 10.1 Å². The van der Waals surface area contributed by atoms with Crippen LogP contribution in [0.25, 0.3) is 0 Å². The van der Waals surface area contributed by atoms with Crippen LogP contribution in [-0.4, -0.2) is 12.0 Å². The third-order valence-corrected chi connectivity index (χ3v) is 3.55. The highest BCUT2D eigenvalue weighted by Crippen LogP contribution is 2.36. The molecule has 18 heavy (non-hydrogen) atoms. The molecule has 1 aromatic heterocycles. The highest BCUT2D eigenvalue weighted by atomic mass is 79.9. The molecule has 0 fully saturated rings. The van der Waals surface area contributed by atoms with Gasteiger partial charge < -0.3 is 14.5 Å². The van der Waals surface area contributed by atoms with Gasteiger partial charge in [0.15, 0.2) is 5.75 Å². The van der Waals surface area contributed by atoms with Crippen molar-refractivity contribution in [3.05, 3.63) is 38.6 Å². The minimum atomic E-state index is 0.125. The van der Waals surface area contributed by atoms with Crippen molar-refractivity contribution in [2.75, 3.05) is 7.05 Å². The Hall–Kier alpha value is -0.750. The Morgan fingerprint density at radius 1 is 1.39 bits per heavy atom. The summed E-state index contributed by atoms with van der Waals surface area (Å²) in [5, 5.41) is 3.87. The molecule has 0 saturated carbocycles. The molecular weight excluding hydrogens is 343 g/mol. The molecule has 0 saturated heterocycles. The van der Waals surface area contributed by atoms with Crippen molar-refractivity contribution in [3.8, 4) is 11.8 Å². The van der Waals surface area contributed by atoms with Gasteiger partial charge in [0.2, 0.25) is 0 Å². The van der Waals surface area contributed by atoms with E-state index >= 15 is 0 Å². The van der Waals surface area contributed by atoms with Crippen LogP contribution in [0.5, 0.6) is 11.8 Å². The van der Waals surface area contributed by atoms with Gasteiger partial charge in [0.1, 0.15) is 6.26 Å². The van der Waals surface area contributed by atoms with E-state index in [0.29, 0.717) is 26.8 Å². The van der Waals surface area contributed by atoms with Crippen LogP contribution in [0.4, 0.5) is 0 Å². The minimum absolute atomic E-state index is 0.125. The highest BCUT2D eigenvalue weighted by molar-refractivity contribution is 9.10. The monoisotopic (exact) mass is 350 g/mol. The lowest BCUT2D eigenvalue weighted by Crippen LogP contribution is -2.04. The maximum absolute atomic E-state index is 6.02. The minimum Gasteiger partial charge on any atom is -0.417 e. The number of ether oxygens (including phenoxy) is 1. The molecule has 0 aliphatic heterocycles. The molecule has 1 heterocycles. The number of nitrogens with zero attached hydrogens (tertiary/aromatic N) is 1. The average Bonchev–Trinajstić information content (AvgIpc) is 2.74. The molecule has 2 aromatic rings. The zero-order valence-corrected chi connectivity index (χ0v) is 12.4. The normalized spacial score (nSPS) is 10.7. The third kappa shape index (κ3) is 3.17. The molecular formula is C11H9BrCl2N2O2. The number of benzene rings is 1. The molecule has 0 amide bonds. The second-order valence-corrected chi connectivity index (χ2v) is 5.10. The van der Waals surface area contributed by atoms with Gasteiger partial charge in [-0.15, -0.1) is 0 Å². The number of aromatic nitrogens is 1. The number of nitrogens with one attached hydrogen (secondary N) is 1. The summed E-state index contributed by atoms with van der Waals surface area (Å²) >= 11 is 15.3. The molecule has 1 aromatic carbocycles. The van der Waals surface area contributed by atoms with Crippen LogP contribution in [0.2, 0.25) is 10.0 Å². The van der Waals surface area contributed by atoms with Crippen molar-refractivity contribution in [3.63, 3.8) is 0 Å². The summed E-state index contributed by atoms with van der Waals surface area (Å²) in [5.41, 5.74) is 0.742. The summed E-state index contributed by atoms with van der Waals surface area (Å²) < 4.78 is 11.3. The van der Waals surface area contributed by atoms with Gasteiger partial charge in [0.25, 0.3) is 0 Å². The van der Waals surface area contributed by atoms with Gasteiger partial charge in [-0.3, -0.25) is 0 Å². The van der Waals surface area contributed by atoms with Crippen molar-refractivity contribution >= 4 is 39.1 Å². The smallest absolute Gasteiger partial charge is 0.399 e. The summed E-state index contributed by atoms with van der Waals surface area (Å²) in [5.74, 6) is 0.391. The fourth-order valence-corrected chi connectivity index (χ4v) is 2.11. The zero-order valence-electron chi connectivity index (χ0n) is 9.34. The maximum Gasteiger partial charge on any atom is 0.399 e. The number of hydrogen-bond donors (Lipinski definition) is 1. The molecule has 96 valence electrons. The molecule has 0 aliphatic carbocycles.